The molecule has 2 aromatic carbocycles. The first-order valence-electron chi connectivity index (χ1n) is 18.8. The first-order chi connectivity index (χ1) is 25.8. The molecule has 4 heterocycles. The first kappa shape index (κ1) is 39.5. The molecule has 2 aliphatic rings. The summed E-state index contributed by atoms with van der Waals surface area (Å²) in [5, 5.41) is 7.08. The number of carbonyl (C=O) groups excluding carboxylic acids is 2. The highest BCUT2D eigenvalue weighted by atomic mass is 35.5. The predicted molar refractivity (Wildman–Crippen MR) is 212 cm³/mol. The van der Waals surface area contributed by atoms with E-state index in [0.717, 1.165) is 88.8 Å². The van der Waals surface area contributed by atoms with E-state index in [2.05, 4.69) is 45.3 Å². The predicted octanol–water partition coefficient (Wildman–Crippen LogP) is 5.40. The summed E-state index contributed by atoms with van der Waals surface area (Å²) in [6.07, 6.45) is 4.40. The van der Waals surface area contributed by atoms with Gasteiger partial charge in [-0.1, -0.05) is 60.2 Å². The summed E-state index contributed by atoms with van der Waals surface area (Å²) in [5.41, 5.74) is 4.42. The zero-order valence-corrected chi connectivity index (χ0v) is 33.2. The van der Waals surface area contributed by atoms with Gasteiger partial charge in [0.2, 0.25) is 5.91 Å². The summed E-state index contributed by atoms with van der Waals surface area (Å²) in [6, 6.07) is 12.1. The summed E-state index contributed by atoms with van der Waals surface area (Å²) in [7, 11) is 0. The van der Waals surface area contributed by atoms with Crippen LogP contribution in [0.3, 0.4) is 0 Å². The third kappa shape index (κ3) is 10.3. The van der Waals surface area contributed by atoms with Crippen molar-refractivity contribution in [2.75, 3.05) is 72.2 Å². The van der Waals surface area contributed by atoms with Crippen LogP contribution in [0.4, 0.5) is 0 Å². The van der Waals surface area contributed by atoms with E-state index in [0.29, 0.717) is 71.1 Å². The van der Waals surface area contributed by atoms with Gasteiger partial charge in [0, 0.05) is 56.2 Å². The summed E-state index contributed by atoms with van der Waals surface area (Å²) in [6.45, 7) is 11.9. The van der Waals surface area contributed by atoms with E-state index in [9.17, 15) is 14.4 Å². The summed E-state index contributed by atoms with van der Waals surface area (Å²) in [5.74, 6) is 0.0937. The molecule has 0 atom stereocenters. The van der Waals surface area contributed by atoms with Gasteiger partial charge >= 0.3 is 4.87 Å². The van der Waals surface area contributed by atoms with E-state index in [1.165, 1.54) is 11.3 Å². The lowest BCUT2D eigenvalue weighted by atomic mass is 9.89. The number of aryl methyl sites for hydroxylation is 1. The zero-order valence-electron chi connectivity index (χ0n) is 30.8. The Morgan fingerprint density at radius 3 is 2.64 bits per heavy atom. The smallest absolute Gasteiger partial charge is 0.305 e. The van der Waals surface area contributed by atoms with Crippen molar-refractivity contribution in [1.82, 2.24) is 30.0 Å². The quantitative estimate of drug-likeness (QED) is 0.137. The van der Waals surface area contributed by atoms with Gasteiger partial charge in [-0.25, -0.2) is 4.98 Å². The van der Waals surface area contributed by atoms with Crippen LogP contribution in [0.15, 0.2) is 46.6 Å². The Morgan fingerprint density at radius 2 is 1.85 bits per heavy atom. The third-order valence-corrected chi connectivity index (χ3v) is 12.7. The lowest BCUT2D eigenvalue weighted by molar-refractivity contribution is -0.132. The highest BCUT2D eigenvalue weighted by molar-refractivity contribution is 7.16. The molecule has 0 unspecified atom stereocenters. The normalized spacial score (nSPS) is 16.1. The molecule has 11 nitrogen and oxygen atoms in total. The highest BCUT2D eigenvalue weighted by Gasteiger charge is 2.41. The largest absolute Gasteiger partial charge is 0.381 e. The molecule has 2 aliphatic heterocycles. The molecule has 2 N–H and O–H groups in total. The number of piperidine rings is 1. The number of likely N-dealkylation sites (N-methyl/N-ethyl adjacent to an activating group) is 1. The van der Waals surface area contributed by atoms with Gasteiger partial charge in [-0.3, -0.25) is 19.3 Å². The van der Waals surface area contributed by atoms with E-state index in [-0.39, 0.29) is 22.3 Å². The average molecular weight is 783 g/mol. The van der Waals surface area contributed by atoms with Crippen LogP contribution in [0.1, 0.15) is 65.3 Å². The van der Waals surface area contributed by atoms with Gasteiger partial charge in [-0.05, 0) is 68.3 Å². The van der Waals surface area contributed by atoms with Crippen molar-refractivity contribution in [3.8, 4) is 0 Å². The molecular weight excluding hydrogens is 732 g/mol. The highest BCUT2D eigenvalue weighted by Crippen LogP contribution is 2.33. The second kappa shape index (κ2) is 18.9. The maximum absolute atomic E-state index is 13.2. The number of carbonyl (C=O) groups is 2. The minimum Gasteiger partial charge on any atom is -0.381 e. The number of H-pyrrole nitrogens is 1. The van der Waals surface area contributed by atoms with Crippen LogP contribution >= 0.6 is 34.3 Å². The van der Waals surface area contributed by atoms with Crippen LogP contribution in [-0.2, 0) is 40.1 Å². The number of hydrogen-bond acceptors (Lipinski definition) is 10. The van der Waals surface area contributed by atoms with E-state index in [1.54, 1.807) is 11.3 Å². The molecule has 0 bridgehead atoms. The van der Waals surface area contributed by atoms with Gasteiger partial charge in [-0.15, -0.1) is 11.3 Å². The second-order valence-corrected chi connectivity index (χ2v) is 16.1. The Balaban J connectivity index is 0.875. The Bertz CT molecular complexity index is 1890. The Morgan fingerprint density at radius 1 is 1.06 bits per heavy atom. The van der Waals surface area contributed by atoms with Crippen molar-refractivity contribution in [2.24, 2.45) is 0 Å². The number of fused-ring (bicyclic) bond motifs is 1. The molecule has 286 valence electrons. The molecule has 53 heavy (non-hydrogen) atoms. The number of nitrogens with one attached hydrogen (secondary N) is 2. The van der Waals surface area contributed by atoms with Crippen LogP contribution in [0.5, 0.6) is 0 Å². The SMILES string of the molecule is CCc1nc(C(=O)N2CCOC3(CCN(Cc4cccc(CCOCCC(=O)N(CC)CCNCCc5cccc6[nH]c(=O)sc56)c4Cl)CC3)C2)cs1. The van der Waals surface area contributed by atoms with Gasteiger partial charge < -0.3 is 29.6 Å². The van der Waals surface area contributed by atoms with Gasteiger partial charge in [0.25, 0.3) is 5.91 Å². The number of hydrogen-bond donors (Lipinski definition) is 2. The molecular formula is C39H51ClN6O5S2. The van der Waals surface area contributed by atoms with Crippen molar-refractivity contribution in [3.05, 3.63) is 83.9 Å². The summed E-state index contributed by atoms with van der Waals surface area (Å²) in [4.78, 5) is 51.3. The Kier molecular flexibility index (Phi) is 14.1. The number of aromatic amines is 1. The van der Waals surface area contributed by atoms with Crippen LogP contribution in [0, 0.1) is 0 Å². The molecule has 0 saturated carbocycles. The maximum Gasteiger partial charge on any atom is 0.305 e. The monoisotopic (exact) mass is 782 g/mol. The van der Waals surface area contributed by atoms with Crippen molar-refractivity contribution in [3.63, 3.8) is 0 Å². The number of morpholine rings is 1. The fourth-order valence-corrected chi connectivity index (χ4v) is 9.09. The van der Waals surface area contributed by atoms with Crippen molar-refractivity contribution >= 4 is 56.3 Å². The fraction of sp³-hybridized carbons (Fsp3) is 0.538. The van der Waals surface area contributed by atoms with Crippen LogP contribution < -0.4 is 10.2 Å². The number of ether oxygens (including phenoxy) is 2. The molecule has 0 aliphatic carbocycles. The number of aromatic nitrogens is 2. The van der Waals surface area contributed by atoms with E-state index in [4.69, 9.17) is 21.1 Å². The molecule has 2 aromatic heterocycles. The molecule has 1 spiro atoms. The van der Waals surface area contributed by atoms with Crippen molar-refractivity contribution < 1.29 is 19.1 Å². The van der Waals surface area contributed by atoms with Crippen molar-refractivity contribution in [2.45, 2.75) is 64.5 Å². The zero-order chi connectivity index (χ0) is 37.2. The summed E-state index contributed by atoms with van der Waals surface area (Å²) >= 11 is 9.71. The molecule has 2 amide bonds. The number of thiazole rings is 2. The third-order valence-electron chi connectivity index (χ3n) is 10.3. The minimum absolute atomic E-state index is 0.00805. The number of amides is 2. The van der Waals surface area contributed by atoms with Crippen molar-refractivity contribution in [1.29, 1.82) is 0 Å². The first-order valence-corrected chi connectivity index (χ1v) is 20.9. The molecule has 2 fully saturated rings. The lowest BCUT2D eigenvalue weighted by Gasteiger charge is -2.47. The van der Waals surface area contributed by atoms with Gasteiger partial charge in [0.15, 0.2) is 0 Å². The Hall–Kier alpha value is -3.17. The molecule has 2 saturated heterocycles. The molecule has 4 aromatic rings. The maximum atomic E-state index is 13.2. The number of rotatable bonds is 17. The van der Waals surface area contributed by atoms with Crippen LogP contribution in [0.2, 0.25) is 5.02 Å². The van der Waals surface area contributed by atoms with E-state index < -0.39 is 0 Å². The van der Waals surface area contributed by atoms with Crippen LogP contribution in [0.25, 0.3) is 10.2 Å². The van der Waals surface area contributed by atoms with Gasteiger partial charge in [-0.2, -0.15) is 0 Å². The van der Waals surface area contributed by atoms with E-state index >= 15 is 0 Å². The molecule has 0 radical (unpaired) electrons. The number of benzene rings is 2. The summed E-state index contributed by atoms with van der Waals surface area (Å²) < 4.78 is 13.2. The average Bonchev–Trinajstić information content (AvgIpc) is 3.81. The Labute approximate surface area is 324 Å². The standard InChI is InChI=1S/C39H51ClN6O5S2/c1-3-33-42-32(26-52-33)37(48)46-21-24-51-39(27-46)14-18-44(19-15-39)25-30-9-5-7-28(35(30)40)12-22-50-23-13-34(47)45(4-2)20-17-41-16-11-29-8-6-10-31-36(29)53-38(49)43-31/h5-10,26,41H,3-4,11-25,27H2,1-2H3,(H,43,49). The molecule has 6 rings (SSSR count). The second-order valence-electron chi connectivity index (χ2n) is 13.8. The van der Waals surface area contributed by atoms with Gasteiger partial charge in [0.1, 0.15) is 5.69 Å². The minimum atomic E-state index is -0.312. The van der Waals surface area contributed by atoms with Gasteiger partial charge in [0.05, 0.1) is 53.6 Å². The topological polar surface area (TPSA) is 120 Å². The number of halogens is 1. The number of likely N-dealkylation sites (tertiary alicyclic amines) is 1. The van der Waals surface area contributed by atoms with E-state index in [1.807, 2.05) is 40.3 Å². The fourth-order valence-electron chi connectivity index (χ4n) is 7.21. The molecule has 14 heteroatoms. The van der Waals surface area contributed by atoms with Crippen LogP contribution in [-0.4, -0.2) is 114 Å². The lowest BCUT2D eigenvalue weighted by Crippen LogP contribution is -2.58. The number of nitrogens with zero attached hydrogens (tertiary/aromatic N) is 4.